The van der Waals surface area contributed by atoms with Gasteiger partial charge < -0.3 is 19.8 Å². The molecule has 3 rings (SSSR count). The Balaban J connectivity index is 1.85. The Kier molecular flexibility index (Phi) is 3.89. The van der Waals surface area contributed by atoms with Crippen LogP contribution in [0.2, 0.25) is 0 Å². The maximum absolute atomic E-state index is 12.4. The van der Waals surface area contributed by atoms with Gasteiger partial charge in [0.15, 0.2) is 11.5 Å². The number of methoxy groups -OCH3 is 2. The Morgan fingerprint density at radius 3 is 2.61 bits per heavy atom. The van der Waals surface area contributed by atoms with Gasteiger partial charge in [-0.1, -0.05) is 0 Å². The van der Waals surface area contributed by atoms with E-state index in [0.29, 0.717) is 22.7 Å². The summed E-state index contributed by atoms with van der Waals surface area (Å²) in [7, 11) is 3.09. The van der Waals surface area contributed by atoms with Crippen LogP contribution in [-0.2, 0) is 0 Å². The minimum atomic E-state index is -0.221. The summed E-state index contributed by atoms with van der Waals surface area (Å²) in [5.41, 5.74) is 2.93. The number of amides is 1. The molecular formula is C17H17N3O3. The molecule has 0 atom stereocenters. The normalized spacial score (nSPS) is 10.6. The molecule has 6 nitrogen and oxygen atoms in total. The highest BCUT2D eigenvalue weighted by atomic mass is 16.5. The molecule has 1 amide bonds. The molecule has 1 aromatic heterocycles. The first-order valence-electron chi connectivity index (χ1n) is 7.10. The van der Waals surface area contributed by atoms with E-state index < -0.39 is 0 Å². The van der Waals surface area contributed by atoms with Crippen LogP contribution in [0.3, 0.4) is 0 Å². The zero-order valence-electron chi connectivity index (χ0n) is 13.1. The highest BCUT2D eigenvalue weighted by Crippen LogP contribution is 2.28. The lowest BCUT2D eigenvalue weighted by Crippen LogP contribution is -2.12. The van der Waals surface area contributed by atoms with E-state index in [-0.39, 0.29) is 5.91 Å². The zero-order valence-corrected chi connectivity index (χ0v) is 13.1. The topological polar surface area (TPSA) is 76.2 Å². The molecule has 3 aromatic rings. The minimum Gasteiger partial charge on any atom is -0.493 e. The smallest absolute Gasteiger partial charge is 0.255 e. The lowest BCUT2D eigenvalue weighted by Gasteiger charge is -2.10. The van der Waals surface area contributed by atoms with Crippen molar-refractivity contribution in [3.05, 3.63) is 47.8 Å². The predicted octanol–water partition coefficient (Wildman–Crippen LogP) is 3.14. The van der Waals surface area contributed by atoms with Crippen LogP contribution in [0.5, 0.6) is 11.5 Å². The van der Waals surface area contributed by atoms with E-state index in [1.165, 1.54) is 7.11 Å². The van der Waals surface area contributed by atoms with Crippen LogP contribution in [0.1, 0.15) is 16.2 Å². The quantitative estimate of drug-likeness (QED) is 0.776. The van der Waals surface area contributed by atoms with Crippen LogP contribution in [0.25, 0.3) is 11.0 Å². The van der Waals surface area contributed by atoms with Gasteiger partial charge in [0, 0.05) is 11.3 Å². The van der Waals surface area contributed by atoms with Gasteiger partial charge in [0.1, 0.15) is 5.82 Å². The van der Waals surface area contributed by atoms with Gasteiger partial charge in [0.05, 0.1) is 25.3 Å². The van der Waals surface area contributed by atoms with Crippen molar-refractivity contribution in [2.75, 3.05) is 19.5 Å². The molecule has 0 radical (unpaired) electrons. The minimum absolute atomic E-state index is 0.221. The standard InChI is InChI=1S/C17H17N3O3/c1-10-18-13-6-5-12(9-14(13)19-10)20-17(21)11-4-7-15(22-2)16(8-11)23-3/h4-9H,1-3H3,(H,18,19)(H,20,21). The third kappa shape index (κ3) is 2.96. The summed E-state index contributed by atoms with van der Waals surface area (Å²) < 4.78 is 10.4. The maximum atomic E-state index is 12.4. The van der Waals surface area contributed by atoms with Gasteiger partial charge in [-0.3, -0.25) is 4.79 Å². The Morgan fingerprint density at radius 2 is 1.87 bits per heavy atom. The maximum Gasteiger partial charge on any atom is 0.255 e. The van der Waals surface area contributed by atoms with E-state index in [0.717, 1.165) is 16.9 Å². The molecule has 118 valence electrons. The molecule has 2 aromatic carbocycles. The van der Waals surface area contributed by atoms with E-state index >= 15 is 0 Å². The van der Waals surface area contributed by atoms with Crippen LogP contribution >= 0.6 is 0 Å². The van der Waals surface area contributed by atoms with Crippen molar-refractivity contribution in [2.24, 2.45) is 0 Å². The molecule has 0 saturated heterocycles. The number of rotatable bonds is 4. The van der Waals surface area contributed by atoms with E-state index in [9.17, 15) is 4.79 Å². The number of ether oxygens (including phenoxy) is 2. The summed E-state index contributed by atoms with van der Waals surface area (Å²) in [5.74, 6) is 1.71. The number of H-pyrrole nitrogens is 1. The number of aryl methyl sites for hydroxylation is 1. The number of carbonyl (C=O) groups is 1. The molecule has 0 unspecified atom stereocenters. The van der Waals surface area contributed by atoms with Crippen molar-refractivity contribution < 1.29 is 14.3 Å². The van der Waals surface area contributed by atoms with Crippen molar-refractivity contribution >= 4 is 22.6 Å². The van der Waals surface area contributed by atoms with Crippen molar-refractivity contribution in [2.45, 2.75) is 6.92 Å². The number of hydrogen-bond acceptors (Lipinski definition) is 4. The number of benzene rings is 2. The summed E-state index contributed by atoms with van der Waals surface area (Å²) in [4.78, 5) is 19.9. The van der Waals surface area contributed by atoms with E-state index in [1.54, 1.807) is 25.3 Å². The molecule has 0 saturated carbocycles. The number of hydrogen-bond donors (Lipinski definition) is 2. The number of aromatic nitrogens is 2. The lowest BCUT2D eigenvalue weighted by molar-refractivity contribution is 0.102. The van der Waals surface area contributed by atoms with Gasteiger partial charge in [-0.15, -0.1) is 0 Å². The van der Waals surface area contributed by atoms with Crippen molar-refractivity contribution in [3.63, 3.8) is 0 Å². The van der Waals surface area contributed by atoms with Crippen molar-refractivity contribution in [1.29, 1.82) is 0 Å². The molecule has 0 aliphatic heterocycles. The second kappa shape index (κ2) is 6.00. The molecular weight excluding hydrogens is 294 g/mol. The lowest BCUT2D eigenvalue weighted by atomic mass is 10.1. The molecule has 2 N–H and O–H groups in total. The van der Waals surface area contributed by atoms with Gasteiger partial charge in [-0.25, -0.2) is 4.98 Å². The number of anilines is 1. The fraction of sp³-hybridized carbons (Fsp3) is 0.176. The fourth-order valence-corrected chi connectivity index (χ4v) is 2.40. The Hall–Kier alpha value is -3.02. The highest BCUT2D eigenvalue weighted by Gasteiger charge is 2.11. The Labute approximate surface area is 133 Å². The van der Waals surface area contributed by atoms with Crippen LogP contribution in [0.4, 0.5) is 5.69 Å². The van der Waals surface area contributed by atoms with Gasteiger partial charge in [0.2, 0.25) is 0 Å². The SMILES string of the molecule is COc1ccc(C(=O)Nc2ccc3nc(C)[nH]c3c2)cc1OC. The first-order chi connectivity index (χ1) is 11.1. The Bertz CT molecular complexity index is 871. The molecule has 0 fully saturated rings. The first kappa shape index (κ1) is 14.9. The van der Waals surface area contributed by atoms with Gasteiger partial charge >= 0.3 is 0 Å². The third-order valence-electron chi connectivity index (χ3n) is 3.50. The highest BCUT2D eigenvalue weighted by molar-refractivity contribution is 6.05. The number of aromatic amines is 1. The molecule has 6 heteroatoms. The van der Waals surface area contributed by atoms with Crippen LogP contribution in [-0.4, -0.2) is 30.1 Å². The number of nitrogens with zero attached hydrogens (tertiary/aromatic N) is 1. The summed E-state index contributed by atoms with van der Waals surface area (Å²) in [6, 6.07) is 10.6. The molecule has 1 heterocycles. The van der Waals surface area contributed by atoms with Crippen molar-refractivity contribution in [1.82, 2.24) is 9.97 Å². The monoisotopic (exact) mass is 311 g/mol. The summed E-state index contributed by atoms with van der Waals surface area (Å²) in [6.45, 7) is 1.89. The summed E-state index contributed by atoms with van der Waals surface area (Å²) >= 11 is 0. The molecule has 0 spiro atoms. The van der Waals surface area contributed by atoms with Crippen molar-refractivity contribution in [3.8, 4) is 11.5 Å². The molecule has 0 aliphatic carbocycles. The van der Waals surface area contributed by atoms with Gasteiger partial charge in [-0.2, -0.15) is 0 Å². The first-order valence-corrected chi connectivity index (χ1v) is 7.10. The second-order valence-electron chi connectivity index (χ2n) is 5.08. The largest absolute Gasteiger partial charge is 0.493 e. The number of carbonyl (C=O) groups excluding carboxylic acids is 1. The average Bonchev–Trinajstić information content (AvgIpc) is 2.93. The van der Waals surface area contributed by atoms with E-state index in [1.807, 2.05) is 25.1 Å². The van der Waals surface area contributed by atoms with Gasteiger partial charge in [-0.05, 0) is 43.3 Å². The number of imidazole rings is 1. The molecule has 23 heavy (non-hydrogen) atoms. The van der Waals surface area contributed by atoms with Gasteiger partial charge in [0.25, 0.3) is 5.91 Å². The van der Waals surface area contributed by atoms with Crippen LogP contribution in [0.15, 0.2) is 36.4 Å². The van der Waals surface area contributed by atoms with E-state index in [2.05, 4.69) is 15.3 Å². The zero-order chi connectivity index (χ0) is 16.4. The summed E-state index contributed by atoms with van der Waals surface area (Å²) in [5, 5.41) is 2.87. The average molecular weight is 311 g/mol. The van der Waals surface area contributed by atoms with Crippen LogP contribution in [0, 0.1) is 6.92 Å². The van der Waals surface area contributed by atoms with Crippen LogP contribution < -0.4 is 14.8 Å². The fourth-order valence-electron chi connectivity index (χ4n) is 2.40. The number of fused-ring (bicyclic) bond motifs is 1. The predicted molar refractivity (Wildman–Crippen MR) is 88.3 cm³/mol. The Morgan fingerprint density at radius 1 is 1.09 bits per heavy atom. The molecule has 0 aliphatic rings. The van der Waals surface area contributed by atoms with E-state index in [4.69, 9.17) is 9.47 Å². The second-order valence-corrected chi connectivity index (χ2v) is 5.08. The number of nitrogens with one attached hydrogen (secondary N) is 2. The molecule has 0 bridgehead atoms. The summed E-state index contributed by atoms with van der Waals surface area (Å²) in [6.07, 6.45) is 0. The third-order valence-corrected chi connectivity index (χ3v) is 3.50.